The molecule has 1 amide bonds. The maximum absolute atomic E-state index is 11.6. The Morgan fingerprint density at radius 3 is 3.00 bits per heavy atom. The highest BCUT2D eigenvalue weighted by Crippen LogP contribution is 2.38. The molecular weight excluding hydrogens is 294 g/mol. The standard InChI is InChI=1S/C10H8BrNO3S/c11-5-1-2-6-7(3-5)16-8(4-9(13)14)10(15)12-6/h1-3,8H,4H2,(H,12,15)(H,13,14). The number of nitrogens with one attached hydrogen (secondary N) is 1. The molecule has 0 radical (unpaired) electrons. The highest BCUT2D eigenvalue weighted by Gasteiger charge is 2.28. The Morgan fingerprint density at radius 2 is 2.31 bits per heavy atom. The zero-order valence-corrected chi connectivity index (χ0v) is 10.5. The number of carbonyl (C=O) groups is 2. The topological polar surface area (TPSA) is 66.4 Å². The lowest BCUT2D eigenvalue weighted by molar-refractivity contribution is -0.138. The number of rotatable bonds is 2. The highest BCUT2D eigenvalue weighted by atomic mass is 79.9. The second kappa shape index (κ2) is 4.47. The fourth-order valence-electron chi connectivity index (χ4n) is 1.41. The van der Waals surface area contributed by atoms with Crippen LogP contribution in [0, 0.1) is 0 Å². The number of aliphatic carboxylic acids is 1. The Balaban J connectivity index is 2.26. The van der Waals surface area contributed by atoms with Crippen molar-refractivity contribution in [2.75, 3.05) is 5.32 Å². The van der Waals surface area contributed by atoms with Crippen LogP contribution in [0.15, 0.2) is 27.6 Å². The first-order chi connectivity index (χ1) is 7.56. The predicted octanol–water partition coefficient (Wildman–Crippen LogP) is 2.34. The van der Waals surface area contributed by atoms with Crippen molar-refractivity contribution in [3.05, 3.63) is 22.7 Å². The van der Waals surface area contributed by atoms with Gasteiger partial charge in [-0.1, -0.05) is 15.9 Å². The van der Waals surface area contributed by atoms with E-state index >= 15 is 0 Å². The van der Waals surface area contributed by atoms with E-state index in [0.717, 1.165) is 15.1 Å². The van der Waals surface area contributed by atoms with Crippen LogP contribution in [0.3, 0.4) is 0 Å². The lowest BCUT2D eigenvalue weighted by atomic mass is 10.2. The third-order valence-electron chi connectivity index (χ3n) is 2.12. The largest absolute Gasteiger partial charge is 0.481 e. The fraction of sp³-hybridized carbons (Fsp3) is 0.200. The van der Waals surface area contributed by atoms with Gasteiger partial charge in [0.1, 0.15) is 0 Å². The van der Waals surface area contributed by atoms with Gasteiger partial charge in [0.2, 0.25) is 5.91 Å². The van der Waals surface area contributed by atoms with Crippen LogP contribution in [0.2, 0.25) is 0 Å². The molecule has 6 heteroatoms. The number of anilines is 1. The van der Waals surface area contributed by atoms with E-state index in [4.69, 9.17) is 5.11 Å². The summed E-state index contributed by atoms with van der Waals surface area (Å²) in [6.45, 7) is 0. The third-order valence-corrected chi connectivity index (χ3v) is 3.87. The number of carboxylic acid groups (broad SMARTS) is 1. The summed E-state index contributed by atoms with van der Waals surface area (Å²) < 4.78 is 0.906. The average Bonchev–Trinajstić information content (AvgIpc) is 2.19. The van der Waals surface area contributed by atoms with Gasteiger partial charge in [0.15, 0.2) is 0 Å². The fourth-order valence-corrected chi connectivity index (χ4v) is 3.06. The van der Waals surface area contributed by atoms with Crippen LogP contribution >= 0.6 is 27.7 Å². The summed E-state index contributed by atoms with van der Waals surface area (Å²) in [5.74, 6) is -1.21. The van der Waals surface area contributed by atoms with Gasteiger partial charge in [0, 0.05) is 9.37 Å². The molecule has 2 N–H and O–H groups in total. The lowest BCUT2D eigenvalue weighted by Gasteiger charge is -2.22. The number of hydrogen-bond donors (Lipinski definition) is 2. The minimum absolute atomic E-state index is 0.164. The van der Waals surface area contributed by atoms with Crippen molar-refractivity contribution in [2.45, 2.75) is 16.6 Å². The van der Waals surface area contributed by atoms with Crippen molar-refractivity contribution < 1.29 is 14.7 Å². The summed E-state index contributed by atoms with van der Waals surface area (Å²) in [5.41, 5.74) is 0.736. The van der Waals surface area contributed by atoms with Crippen LogP contribution < -0.4 is 5.32 Å². The van der Waals surface area contributed by atoms with E-state index in [9.17, 15) is 9.59 Å². The Morgan fingerprint density at radius 1 is 1.56 bits per heavy atom. The van der Waals surface area contributed by atoms with E-state index in [1.165, 1.54) is 11.8 Å². The summed E-state index contributed by atoms with van der Waals surface area (Å²) in [7, 11) is 0. The van der Waals surface area contributed by atoms with Crippen molar-refractivity contribution in [3.8, 4) is 0 Å². The molecular formula is C10H8BrNO3S. The Bertz CT molecular complexity index is 463. The molecule has 16 heavy (non-hydrogen) atoms. The Kier molecular flexibility index (Phi) is 3.20. The molecule has 1 atom stereocenters. The molecule has 1 heterocycles. The normalized spacial score (nSPS) is 18.8. The van der Waals surface area contributed by atoms with Crippen molar-refractivity contribution in [3.63, 3.8) is 0 Å². The second-order valence-corrected chi connectivity index (χ2v) is 5.49. The molecule has 0 saturated heterocycles. The van der Waals surface area contributed by atoms with Crippen molar-refractivity contribution in [2.24, 2.45) is 0 Å². The zero-order valence-electron chi connectivity index (χ0n) is 8.07. The molecule has 1 aliphatic heterocycles. The van der Waals surface area contributed by atoms with E-state index in [2.05, 4.69) is 21.2 Å². The molecule has 0 spiro atoms. The number of amides is 1. The number of benzene rings is 1. The molecule has 1 aromatic carbocycles. The minimum atomic E-state index is -0.967. The predicted molar refractivity (Wildman–Crippen MR) is 64.7 cm³/mol. The first kappa shape index (κ1) is 11.5. The zero-order chi connectivity index (χ0) is 11.7. The van der Waals surface area contributed by atoms with Crippen LogP contribution in [0.5, 0.6) is 0 Å². The number of hydrogen-bond acceptors (Lipinski definition) is 3. The number of carboxylic acids is 1. The third kappa shape index (κ3) is 2.38. The van der Waals surface area contributed by atoms with Gasteiger partial charge in [0.05, 0.1) is 17.4 Å². The summed E-state index contributed by atoms with van der Waals surface area (Å²) in [5, 5.41) is 10.8. The summed E-state index contributed by atoms with van der Waals surface area (Å²) >= 11 is 4.62. The van der Waals surface area contributed by atoms with E-state index in [1.54, 1.807) is 6.07 Å². The molecule has 0 aliphatic carbocycles. The first-order valence-electron chi connectivity index (χ1n) is 4.55. The van der Waals surface area contributed by atoms with Gasteiger partial charge in [-0.05, 0) is 18.2 Å². The number of halogens is 1. The SMILES string of the molecule is O=C(O)CC1Sc2cc(Br)ccc2NC1=O. The molecule has 2 rings (SSSR count). The molecule has 1 aliphatic rings. The van der Waals surface area contributed by atoms with Crippen LogP contribution in [0.4, 0.5) is 5.69 Å². The molecule has 0 bridgehead atoms. The highest BCUT2D eigenvalue weighted by molar-refractivity contribution is 9.10. The first-order valence-corrected chi connectivity index (χ1v) is 6.22. The molecule has 1 aromatic rings. The molecule has 0 aromatic heterocycles. The van der Waals surface area contributed by atoms with Gasteiger partial charge in [-0.3, -0.25) is 9.59 Å². The summed E-state index contributed by atoms with van der Waals surface area (Å²) in [6, 6.07) is 5.49. The van der Waals surface area contributed by atoms with Gasteiger partial charge in [-0.2, -0.15) is 0 Å². The quantitative estimate of drug-likeness (QED) is 0.880. The molecule has 1 unspecified atom stereocenters. The second-order valence-electron chi connectivity index (χ2n) is 3.33. The Hall–Kier alpha value is -1.01. The van der Waals surface area contributed by atoms with Crippen LogP contribution in [-0.4, -0.2) is 22.2 Å². The van der Waals surface area contributed by atoms with E-state index in [0.29, 0.717) is 0 Å². The molecule has 0 fully saturated rings. The van der Waals surface area contributed by atoms with Gasteiger partial charge in [0.25, 0.3) is 0 Å². The van der Waals surface area contributed by atoms with E-state index in [1.807, 2.05) is 12.1 Å². The lowest BCUT2D eigenvalue weighted by Crippen LogP contribution is -2.30. The Labute approximate surface area is 105 Å². The van der Waals surface area contributed by atoms with Crippen molar-refractivity contribution in [1.82, 2.24) is 0 Å². The minimum Gasteiger partial charge on any atom is -0.481 e. The number of fused-ring (bicyclic) bond motifs is 1. The van der Waals surface area contributed by atoms with Crippen LogP contribution in [-0.2, 0) is 9.59 Å². The van der Waals surface area contributed by atoms with Crippen LogP contribution in [0.25, 0.3) is 0 Å². The summed E-state index contributed by atoms with van der Waals surface area (Å²) in [4.78, 5) is 23.0. The molecule has 4 nitrogen and oxygen atoms in total. The monoisotopic (exact) mass is 301 g/mol. The van der Waals surface area contributed by atoms with Gasteiger partial charge in [-0.25, -0.2) is 0 Å². The maximum Gasteiger partial charge on any atom is 0.305 e. The van der Waals surface area contributed by atoms with Gasteiger partial charge >= 0.3 is 5.97 Å². The molecule has 84 valence electrons. The maximum atomic E-state index is 11.6. The number of carbonyl (C=O) groups excluding carboxylic acids is 1. The molecule has 0 saturated carbocycles. The van der Waals surface area contributed by atoms with Crippen molar-refractivity contribution >= 4 is 45.3 Å². The smallest absolute Gasteiger partial charge is 0.305 e. The van der Waals surface area contributed by atoms with E-state index in [-0.39, 0.29) is 12.3 Å². The van der Waals surface area contributed by atoms with Crippen LogP contribution in [0.1, 0.15) is 6.42 Å². The number of thioether (sulfide) groups is 1. The summed E-state index contributed by atoms with van der Waals surface area (Å²) in [6.07, 6.45) is -0.164. The van der Waals surface area contributed by atoms with Gasteiger partial charge < -0.3 is 10.4 Å². The average molecular weight is 302 g/mol. The van der Waals surface area contributed by atoms with Crippen molar-refractivity contribution in [1.29, 1.82) is 0 Å². The van der Waals surface area contributed by atoms with Gasteiger partial charge in [-0.15, -0.1) is 11.8 Å². The van der Waals surface area contributed by atoms with E-state index < -0.39 is 11.2 Å².